The summed E-state index contributed by atoms with van der Waals surface area (Å²) in [6.45, 7) is 1.57. The first kappa shape index (κ1) is 7.34. The molecular weight excluding hydrogens is 132 g/mol. The van der Waals surface area contributed by atoms with Gasteiger partial charge in [0, 0.05) is 32.7 Å². The summed E-state index contributed by atoms with van der Waals surface area (Å²) in [4.78, 5) is 12.5. The van der Waals surface area contributed by atoms with Crippen LogP contribution in [0.1, 0.15) is 0 Å². The predicted molar refractivity (Wildman–Crippen MR) is 36.6 cm³/mol. The molecule has 2 N–H and O–H groups in total. The molecule has 0 spiro atoms. The normalized spacial score (nSPS) is 18.4. The summed E-state index contributed by atoms with van der Waals surface area (Å²) in [5.74, 6) is 0.303. The second-order valence-electron chi connectivity index (χ2n) is 2.51. The first-order chi connectivity index (χ1) is 4.77. The van der Waals surface area contributed by atoms with Gasteiger partial charge in [0.1, 0.15) is 0 Å². The number of nitrogens with one attached hydrogen (secondary N) is 1. The molecule has 10 heavy (non-hydrogen) atoms. The average molecular weight is 144 g/mol. The lowest BCUT2D eigenvalue weighted by molar-refractivity contribution is 0.0786. The third-order valence-electron chi connectivity index (χ3n) is 1.72. The molecule has 1 fully saturated rings. The van der Waals surface area contributed by atoms with Crippen molar-refractivity contribution in [3.8, 4) is 0 Å². The average Bonchev–Trinajstić information content (AvgIpc) is 1.85. The van der Waals surface area contributed by atoms with Crippen LogP contribution in [0.3, 0.4) is 0 Å². The molecule has 0 aromatic rings. The molecule has 0 aliphatic carbocycles. The van der Waals surface area contributed by atoms with Gasteiger partial charge in [-0.25, -0.2) is 4.79 Å². The van der Waals surface area contributed by atoms with Crippen LogP contribution in [0.2, 0.25) is 0 Å². The monoisotopic (exact) mass is 144 g/mol. The van der Waals surface area contributed by atoms with Crippen molar-refractivity contribution < 1.29 is 9.90 Å². The third kappa shape index (κ3) is 1.21. The molecule has 0 aromatic heterocycles. The molecule has 2 amide bonds. The molecule has 4 nitrogen and oxygen atoms in total. The summed E-state index contributed by atoms with van der Waals surface area (Å²) < 4.78 is 0. The number of amides is 2. The molecule has 1 aliphatic heterocycles. The Hall–Kier alpha value is -0.770. The van der Waals surface area contributed by atoms with E-state index in [0.29, 0.717) is 19.0 Å². The summed E-state index contributed by atoms with van der Waals surface area (Å²) in [6, 6.07) is -0.0512. The Morgan fingerprint density at radius 2 is 2.40 bits per heavy atom. The van der Waals surface area contributed by atoms with Gasteiger partial charge in [0.2, 0.25) is 0 Å². The van der Waals surface area contributed by atoms with Crippen molar-refractivity contribution in [2.75, 3.05) is 26.7 Å². The first-order valence-electron chi connectivity index (χ1n) is 3.35. The minimum atomic E-state index is -0.0512. The number of hydrogen-bond acceptors (Lipinski definition) is 2. The van der Waals surface area contributed by atoms with E-state index in [2.05, 4.69) is 5.32 Å². The van der Waals surface area contributed by atoms with E-state index in [9.17, 15) is 4.79 Å². The van der Waals surface area contributed by atoms with E-state index < -0.39 is 0 Å². The maximum atomic E-state index is 10.8. The Bertz CT molecular complexity index is 132. The highest BCUT2D eigenvalue weighted by atomic mass is 16.3. The van der Waals surface area contributed by atoms with Crippen molar-refractivity contribution >= 4 is 6.03 Å². The zero-order valence-electron chi connectivity index (χ0n) is 6.00. The fourth-order valence-electron chi connectivity index (χ4n) is 1.01. The van der Waals surface area contributed by atoms with Crippen molar-refractivity contribution in [3.63, 3.8) is 0 Å². The second-order valence-corrected chi connectivity index (χ2v) is 2.51. The lowest BCUT2D eigenvalue weighted by Crippen LogP contribution is -2.54. The Kier molecular flexibility index (Phi) is 2.11. The molecule has 1 rings (SSSR count). The summed E-state index contributed by atoms with van der Waals surface area (Å²) in [6.07, 6.45) is 0. The van der Waals surface area contributed by atoms with Gasteiger partial charge < -0.3 is 15.3 Å². The number of carbonyl (C=O) groups excluding carboxylic acids is 1. The number of rotatable bonds is 1. The smallest absolute Gasteiger partial charge is 0.317 e. The Morgan fingerprint density at radius 1 is 1.80 bits per heavy atom. The highest BCUT2D eigenvalue weighted by Crippen LogP contribution is 2.13. The maximum Gasteiger partial charge on any atom is 0.317 e. The molecule has 1 heterocycles. The Labute approximate surface area is 59.8 Å². The molecule has 0 radical (unpaired) electrons. The lowest BCUT2D eigenvalue weighted by Gasteiger charge is -2.37. The van der Waals surface area contributed by atoms with Gasteiger partial charge in [-0.15, -0.1) is 0 Å². The van der Waals surface area contributed by atoms with Crippen LogP contribution in [0.15, 0.2) is 0 Å². The molecule has 0 bridgehead atoms. The largest absolute Gasteiger partial charge is 0.396 e. The van der Waals surface area contributed by atoms with Gasteiger partial charge in [-0.3, -0.25) is 0 Å². The molecule has 0 saturated carbocycles. The SMILES string of the molecule is CNC(=O)N1CC(CO)C1. The number of carbonyl (C=O) groups is 1. The molecule has 4 heteroatoms. The van der Waals surface area contributed by atoms with Crippen molar-refractivity contribution in [1.82, 2.24) is 10.2 Å². The highest BCUT2D eigenvalue weighted by Gasteiger charge is 2.28. The van der Waals surface area contributed by atoms with Gasteiger partial charge in [0.05, 0.1) is 0 Å². The van der Waals surface area contributed by atoms with Crippen LogP contribution in [0.4, 0.5) is 4.79 Å². The van der Waals surface area contributed by atoms with Gasteiger partial charge in [-0.1, -0.05) is 0 Å². The van der Waals surface area contributed by atoms with Gasteiger partial charge in [-0.2, -0.15) is 0 Å². The third-order valence-corrected chi connectivity index (χ3v) is 1.72. The van der Waals surface area contributed by atoms with Crippen LogP contribution in [-0.4, -0.2) is 42.8 Å². The van der Waals surface area contributed by atoms with Crippen LogP contribution in [0.25, 0.3) is 0 Å². The summed E-state index contributed by atoms with van der Waals surface area (Å²) in [7, 11) is 1.61. The van der Waals surface area contributed by atoms with Crippen molar-refractivity contribution in [2.45, 2.75) is 0 Å². The lowest BCUT2D eigenvalue weighted by atomic mass is 10.0. The van der Waals surface area contributed by atoms with Crippen LogP contribution in [0, 0.1) is 5.92 Å². The fourth-order valence-corrected chi connectivity index (χ4v) is 1.01. The molecule has 1 aliphatic rings. The number of hydrogen-bond donors (Lipinski definition) is 2. The van der Waals surface area contributed by atoms with Gasteiger partial charge in [0.15, 0.2) is 0 Å². The van der Waals surface area contributed by atoms with E-state index in [-0.39, 0.29) is 12.6 Å². The Morgan fingerprint density at radius 3 is 2.80 bits per heavy atom. The molecule has 0 atom stereocenters. The molecule has 0 unspecified atom stereocenters. The summed E-state index contributed by atoms with van der Waals surface area (Å²) in [5, 5.41) is 11.1. The quantitative estimate of drug-likeness (QED) is 0.508. The van der Waals surface area contributed by atoms with Crippen LogP contribution in [0.5, 0.6) is 0 Å². The number of aliphatic hydroxyl groups excluding tert-OH is 1. The van der Waals surface area contributed by atoms with E-state index in [1.807, 2.05) is 0 Å². The summed E-state index contributed by atoms with van der Waals surface area (Å²) in [5.41, 5.74) is 0. The summed E-state index contributed by atoms with van der Waals surface area (Å²) >= 11 is 0. The standard InChI is InChI=1S/C6H12N2O2/c1-7-6(10)8-2-5(3-8)4-9/h5,9H,2-4H2,1H3,(H,7,10). The van der Waals surface area contributed by atoms with E-state index in [0.717, 1.165) is 0 Å². The topological polar surface area (TPSA) is 52.6 Å². The first-order valence-corrected chi connectivity index (χ1v) is 3.35. The van der Waals surface area contributed by atoms with Crippen LogP contribution < -0.4 is 5.32 Å². The Balaban J connectivity index is 2.19. The van der Waals surface area contributed by atoms with Crippen molar-refractivity contribution in [1.29, 1.82) is 0 Å². The van der Waals surface area contributed by atoms with Crippen LogP contribution >= 0.6 is 0 Å². The molecule has 0 aromatic carbocycles. The van der Waals surface area contributed by atoms with E-state index >= 15 is 0 Å². The van der Waals surface area contributed by atoms with E-state index in [1.165, 1.54) is 0 Å². The van der Waals surface area contributed by atoms with Gasteiger partial charge in [0.25, 0.3) is 0 Å². The van der Waals surface area contributed by atoms with Gasteiger partial charge in [-0.05, 0) is 0 Å². The van der Waals surface area contributed by atoms with Gasteiger partial charge >= 0.3 is 6.03 Å². The maximum absolute atomic E-state index is 10.8. The zero-order valence-corrected chi connectivity index (χ0v) is 6.00. The molecular formula is C6H12N2O2. The zero-order chi connectivity index (χ0) is 7.56. The van der Waals surface area contributed by atoms with E-state index in [1.54, 1.807) is 11.9 Å². The number of urea groups is 1. The van der Waals surface area contributed by atoms with Crippen molar-refractivity contribution in [3.05, 3.63) is 0 Å². The molecule has 1 saturated heterocycles. The number of nitrogens with zero attached hydrogens (tertiary/aromatic N) is 1. The highest BCUT2D eigenvalue weighted by molar-refractivity contribution is 5.74. The second kappa shape index (κ2) is 2.88. The number of aliphatic hydroxyl groups is 1. The minimum Gasteiger partial charge on any atom is -0.396 e. The van der Waals surface area contributed by atoms with Crippen LogP contribution in [-0.2, 0) is 0 Å². The van der Waals surface area contributed by atoms with E-state index in [4.69, 9.17) is 5.11 Å². The minimum absolute atomic E-state index is 0.0512. The predicted octanol–water partition coefficient (Wildman–Crippen LogP) is -0.750. The fraction of sp³-hybridized carbons (Fsp3) is 0.833. The number of likely N-dealkylation sites (tertiary alicyclic amines) is 1. The van der Waals surface area contributed by atoms with Crippen molar-refractivity contribution in [2.24, 2.45) is 5.92 Å². The molecule has 58 valence electrons.